The lowest BCUT2D eigenvalue weighted by atomic mass is 9.78. The highest BCUT2D eigenvalue weighted by Crippen LogP contribution is 2.32. The minimum Gasteiger partial charge on any atom is -0.363 e. The third-order valence-corrected chi connectivity index (χ3v) is 10.4. The zero-order valence-electron chi connectivity index (χ0n) is 25.4. The number of hydrogen-bond acceptors (Lipinski definition) is 8. The fourth-order valence-corrected chi connectivity index (χ4v) is 7.49. The van der Waals surface area contributed by atoms with Crippen LogP contribution in [0, 0.1) is 5.92 Å². The summed E-state index contributed by atoms with van der Waals surface area (Å²) in [5, 5.41) is 9.32. The van der Waals surface area contributed by atoms with Crippen molar-refractivity contribution in [3.05, 3.63) is 40.3 Å². The summed E-state index contributed by atoms with van der Waals surface area (Å²) >= 11 is 0. The first kappa shape index (κ1) is 33.9. The Kier molecular flexibility index (Phi) is 10.9. The van der Waals surface area contributed by atoms with E-state index in [-0.39, 0.29) is 42.2 Å². The molecule has 2 aliphatic carbocycles. The van der Waals surface area contributed by atoms with Crippen molar-refractivity contribution < 1.29 is 32.4 Å². The Labute approximate surface area is 262 Å². The lowest BCUT2D eigenvalue weighted by Crippen LogP contribution is -2.62. The number of sulfone groups is 1. The van der Waals surface area contributed by atoms with Gasteiger partial charge in [-0.15, -0.1) is 0 Å². The summed E-state index contributed by atoms with van der Waals surface area (Å²) in [5.41, 5.74) is 13.1. The van der Waals surface area contributed by atoms with Gasteiger partial charge in [-0.25, -0.2) is 8.42 Å². The Hall–Kier alpha value is -3.97. The Morgan fingerprint density at radius 2 is 1.67 bits per heavy atom. The summed E-state index contributed by atoms with van der Waals surface area (Å²) in [6.45, 7) is -0.0716. The van der Waals surface area contributed by atoms with Gasteiger partial charge >= 0.3 is 0 Å². The van der Waals surface area contributed by atoms with Crippen LogP contribution in [0.3, 0.4) is 0 Å². The number of likely N-dealkylation sites (tertiary alicyclic amines) is 1. The first-order valence-corrected chi connectivity index (χ1v) is 17.4. The van der Waals surface area contributed by atoms with E-state index in [9.17, 15) is 32.4 Å². The third-order valence-electron chi connectivity index (χ3n) is 9.25. The van der Waals surface area contributed by atoms with Gasteiger partial charge in [0.15, 0.2) is 9.84 Å². The fourth-order valence-electron chi connectivity index (χ4n) is 6.85. The van der Waals surface area contributed by atoms with Crippen LogP contribution in [0.5, 0.6) is 0 Å². The molecule has 1 saturated heterocycles. The van der Waals surface area contributed by atoms with Crippen molar-refractivity contribution in [3.63, 3.8) is 0 Å². The molecule has 0 spiro atoms. The van der Waals surface area contributed by atoms with Crippen molar-refractivity contribution in [2.75, 3.05) is 12.8 Å². The van der Waals surface area contributed by atoms with Crippen molar-refractivity contribution in [2.45, 2.75) is 106 Å². The Morgan fingerprint density at radius 3 is 2.24 bits per heavy atom. The topological polar surface area (TPSA) is 222 Å². The zero-order valence-corrected chi connectivity index (χ0v) is 26.3. The van der Waals surface area contributed by atoms with Crippen LogP contribution in [-0.4, -0.2) is 79.2 Å². The number of nitrogens with zero attached hydrogens (tertiary/aromatic N) is 4. The predicted octanol–water partition coefficient (Wildman–Crippen LogP) is 2.31. The number of hydrogen-bond donors (Lipinski definition) is 3. The zero-order chi connectivity index (χ0) is 32.8. The van der Waals surface area contributed by atoms with Gasteiger partial charge in [-0.05, 0) is 61.4 Å². The quantitative estimate of drug-likeness (QED) is 0.141. The Balaban J connectivity index is 1.61. The molecule has 3 atom stereocenters. The summed E-state index contributed by atoms with van der Waals surface area (Å²) in [6, 6.07) is 2.52. The van der Waals surface area contributed by atoms with Crippen molar-refractivity contribution >= 4 is 39.2 Å². The number of carbonyl (C=O) groups excluding carboxylic acids is 5. The van der Waals surface area contributed by atoms with Crippen LogP contribution in [0.2, 0.25) is 0 Å². The van der Waals surface area contributed by atoms with E-state index in [0.29, 0.717) is 19.3 Å². The number of primary amides is 1. The Bertz CT molecular complexity index is 1460. The SMILES string of the molecule is CS(=O)(=O)c1ccc(C(=O)N[C@H](CC2CCCCC2)C(=O)N2CC(N=[N+]=[N-])C[C@H]2C(=O)NC2(C(=O)C(N)=O)CCCCC2)cc1. The van der Waals surface area contributed by atoms with E-state index in [1.807, 2.05) is 0 Å². The van der Waals surface area contributed by atoms with E-state index in [0.717, 1.165) is 44.8 Å². The lowest BCUT2D eigenvalue weighted by Gasteiger charge is -2.38. The van der Waals surface area contributed by atoms with Crippen LogP contribution in [0.15, 0.2) is 34.3 Å². The van der Waals surface area contributed by atoms with Crippen molar-refractivity contribution in [3.8, 4) is 0 Å². The number of Topliss-reactive ketones (excluding diaryl/α,β-unsaturated/α-hetero) is 1. The normalized spacial score (nSPS) is 22.5. The highest BCUT2D eigenvalue weighted by atomic mass is 32.2. The summed E-state index contributed by atoms with van der Waals surface area (Å²) < 4.78 is 23.7. The van der Waals surface area contributed by atoms with Gasteiger partial charge in [0.2, 0.25) is 17.6 Å². The number of nitrogens with one attached hydrogen (secondary N) is 2. The number of azide groups is 1. The van der Waals surface area contributed by atoms with Crippen molar-refractivity contribution in [1.82, 2.24) is 15.5 Å². The molecule has 1 heterocycles. The van der Waals surface area contributed by atoms with Gasteiger partial charge in [0.05, 0.1) is 10.9 Å². The first-order valence-electron chi connectivity index (χ1n) is 15.5. The molecule has 4 amide bonds. The van der Waals surface area contributed by atoms with Crippen LogP contribution in [0.4, 0.5) is 0 Å². The predicted molar refractivity (Wildman–Crippen MR) is 163 cm³/mol. The second kappa shape index (κ2) is 14.4. The lowest BCUT2D eigenvalue weighted by molar-refractivity contribution is -0.145. The number of nitrogens with two attached hydrogens (primary N) is 1. The van der Waals surface area contributed by atoms with Crippen LogP contribution >= 0.6 is 0 Å². The number of carbonyl (C=O) groups is 5. The number of amides is 4. The molecule has 0 bridgehead atoms. The van der Waals surface area contributed by atoms with E-state index >= 15 is 0 Å². The molecule has 4 N–H and O–H groups in total. The monoisotopic (exact) mass is 643 g/mol. The second-order valence-electron chi connectivity index (χ2n) is 12.5. The van der Waals surface area contributed by atoms with Gasteiger partial charge in [0.25, 0.3) is 11.8 Å². The molecule has 244 valence electrons. The molecule has 1 aromatic rings. The molecule has 1 unspecified atom stereocenters. The maximum Gasteiger partial charge on any atom is 0.287 e. The highest BCUT2D eigenvalue weighted by Gasteiger charge is 2.48. The molecule has 14 nitrogen and oxygen atoms in total. The van der Waals surface area contributed by atoms with E-state index in [1.165, 1.54) is 29.2 Å². The largest absolute Gasteiger partial charge is 0.363 e. The average Bonchev–Trinajstić information content (AvgIpc) is 3.45. The maximum atomic E-state index is 14.2. The van der Waals surface area contributed by atoms with Gasteiger partial charge in [-0.3, -0.25) is 24.0 Å². The molecule has 3 aliphatic rings. The first-order chi connectivity index (χ1) is 21.3. The number of benzene rings is 1. The molecule has 1 aliphatic heterocycles. The molecule has 15 heteroatoms. The summed E-state index contributed by atoms with van der Waals surface area (Å²) in [4.78, 5) is 70.4. The molecule has 2 saturated carbocycles. The molecular weight excluding hydrogens is 602 g/mol. The minimum absolute atomic E-state index is 0.000472. The van der Waals surface area contributed by atoms with Gasteiger partial charge < -0.3 is 21.3 Å². The second-order valence-corrected chi connectivity index (χ2v) is 14.5. The van der Waals surface area contributed by atoms with E-state index < -0.39 is 62.9 Å². The minimum atomic E-state index is -3.47. The third kappa shape index (κ3) is 8.20. The molecule has 3 fully saturated rings. The van der Waals surface area contributed by atoms with Gasteiger partial charge in [-0.2, -0.15) is 0 Å². The molecule has 0 radical (unpaired) electrons. The standard InChI is InChI=1S/C30H41N7O7S/c1-45(43,44)22-12-10-20(11-13-22)27(40)33-23(16-19-8-4-2-5-9-19)29(42)37-18-21(35-36-32)17-24(37)28(41)34-30(25(38)26(31)39)14-6-3-7-15-30/h10-13,19,21,23-24H,2-9,14-18H2,1H3,(H2,31,39)(H,33,40)(H,34,41)/t21?,23-,24+/m1/s1. The number of ketones is 1. The van der Waals surface area contributed by atoms with Gasteiger partial charge in [0.1, 0.15) is 17.6 Å². The van der Waals surface area contributed by atoms with E-state index in [2.05, 4.69) is 20.7 Å². The molecule has 1 aromatic carbocycles. The summed E-state index contributed by atoms with van der Waals surface area (Å²) in [6.07, 6.45) is 8.74. The van der Waals surface area contributed by atoms with Crippen LogP contribution in [0.1, 0.15) is 87.4 Å². The smallest absolute Gasteiger partial charge is 0.287 e. The van der Waals surface area contributed by atoms with Crippen LogP contribution in [0.25, 0.3) is 10.4 Å². The highest BCUT2D eigenvalue weighted by molar-refractivity contribution is 7.90. The van der Waals surface area contributed by atoms with Crippen LogP contribution in [-0.2, 0) is 29.0 Å². The molecule has 45 heavy (non-hydrogen) atoms. The molecular formula is C30H41N7O7S. The summed E-state index contributed by atoms with van der Waals surface area (Å²) in [5.74, 6) is -3.65. The van der Waals surface area contributed by atoms with E-state index in [1.54, 1.807) is 0 Å². The Morgan fingerprint density at radius 1 is 1.04 bits per heavy atom. The van der Waals surface area contributed by atoms with E-state index in [4.69, 9.17) is 11.3 Å². The van der Waals surface area contributed by atoms with Crippen molar-refractivity contribution in [1.29, 1.82) is 0 Å². The fraction of sp³-hybridized carbons (Fsp3) is 0.633. The molecule has 4 rings (SSSR count). The summed E-state index contributed by atoms with van der Waals surface area (Å²) in [7, 11) is -3.47. The average molecular weight is 644 g/mol. The maximum absolute atomic E-state index is 14.2. The van der Waals surface area contributed by atoms with Crippen LogP contribution < -0.4 is 16.4 Å². The van der Waals surface area contributed by atoms with Crippen molar-refractivity contribution in [2.24, 2.45) is 16.8 Å². The number of rotatable bonds is 11. The van der Waals surface area contributed by atoms with Gasteiger partial charge in [-0.1, -0.05) is 56.5 Å². The van der Waals surface area contributed by atoms with Gasteiger partial charge in [0, 0.05) is 23.3 Å². The molecule has 0 aromatic heterocycles.